The van der Waals surface area contributed by atoms with Gasteiger partial charge in [-0.3, -0.25) is 0 Å². The van der Waals surface area contributed by atoms with E-state index >= 15 is 0 Å². The van der Waals surface area contributed by atoms with Crippen LogP contribution in [0.4, 0.5) is 0 Å². The molecule has 0 aromatic rings. The molecule has 1 saturated carbocycles. The molecule has 0 amide bonds. The van der Waals surface area contributed by atoms with Crippen molar-refractivity contribution in [2.45, 2.75) is 73.8 Å². The minimum absolute atomic E-state index is 0.0726. The maximum absolute atomic E-state index is 10.3. The highest BCUT2D eigenvalue weighted by atomic mass is 16.3. The minimum atomic E-state index is -0.0726. The monoisotopic (exact) mass is 240 g/mol. The van der Waals surface area contributed by atoms with Gasteiger partial charge < -0.3 is 5.11 Å². The SMILES string of the molecule is CC(C1CC(CC(C)(C)C)CC1O)C(C)(C)C. The Balaban J connectivity index is 2.61. The summed E-state index contributed by atoms with van der Waals surface area (Å²) in [7, 11) is 0. The van der Waals surface area contributed by atoms with Crippen molar-refractivity contribution in [3.8, 4) is 0 Å². The first-order valence-corrected chi connectivity index (χ1v) is 7.19. The van der Waals surface area contributed by atoms with E-state index in [1.807, 2.05) is 0 Å². The van der Waals surface area contributed by atoms with Crippen molar-refractivity contribution in [1.29, 1.82) is 0 Å². The van der Waals surface area contributed by atoms with Gasteiger partial charge in [0.1, 0.15) is 0 Å². The molecule has 0 spiro atoms. The Hall–Kier alpha value is -0.0400. The van der Waals surface area contributed by atoms with Crippen molar-refractivity contribution in [1.82, 2.24) is 0 Å². The fourth-order valence-electron chi connectivity index (χ4n) is 3.37. The molecule has 0 heterocycles. The predicted molar refractivity (Wildman–Crippen MR) is 74.9 cm³/mol. The van der Waals surface area contributed by atoms with E-state index in [4.69, 9.17) is 0 Å². The molecular formula is C16H32O. The van der Waals surface area contributed by atoms with Gasteiger partial charge in [0.25, 0.3) is 0 Å². The van der Waals surface area contributed by atoms with Crippen molar-refractivity contribution in [2.75, 3.05) is 0 Å². The number of hydrogen-bond acceptors (Lipinski definition) is 1. The summed E-state index contributed by atoms with van der Waals surface area (Å²) in [5, 5.41) is 10.3. The molecule has 0 saturated heterocycles. The lowest BCUT2D eigenvalue weighted by Crippen LogP contribution is -2.30. The lowest BCUT2D eigenvalue weighted by molar-refractivity contribution is 0.0604. The summed E-state index contributed by atoms with van der Waals surface area (Å²) in [6.45, 7) is 16.1. The molecule has 1 N–H and O–H groups in total. The highest BCUT2D eigenvalue weighted by Gasteiger charge is 2.40. The molecule has 1 rings (SSSR count). The molecule has 1 fully saturated rings. The van der Waals surface area contributed by atoms with Crippen molar-refractivity contribution in [3.05, 3.63) is 0 Å². The summed E-state index contributed by atoms with van der Waals surface area (Å²) in [5.41, 5.74) is 0.701. The van der Waals surface area contributed by atoms with Crippen molar-refractivity contribution < 1.29 is 5.11 Å². The molecule has 0 aliphatic heterocycles. The lowest BCUT2D eigenvalue weighted by Gasteiger charge is -2.34. The Labute approximate surface area is 108 Å². The van der Waals surface area contributed by atoms with Crippen LogP contribution >= 0.6 is 0 Å². The van der Waals surface area contributed by atoms with E-state index in [1.165, 1.54) is 12.8 Å². The first-order valence-electron chi connectivity index (χ1n) is 7.19. The average Bonchev–Trinajstić information content (AvgIpc) is 2.40. The van der Waals surface area contributed by atoms with E-state index in [1.54, 1.807) is 0 Å². The molecular weight excluding hydrogens is 208 g/mol. The average molecular weight is 240 g/mol. The van der Waals surface area contributed by atoms with Gasteiger partial charge in [0.15, 0.2) is 0 Å². The predicted octanol–water partition coefficient (Wildman–Crippen LogP) is 4.49. The second-order valence-corrected chi connectivity index (χ2v) is 8.49. The molecule has 4 unspecified atom stereocenters. The van der Waals surface area contributed by atoms with Gasteiger partial charge in [-0.2, -0.15) is 0 Å². The molecule has 17 heavy (non-hydrogen) atoms. The van der Waals surface area contributed by atoms with Gasteiger partial charge in [0.2, 0.25) is 0 Å². The number of aliphatic hydroxyl groups excluding tert-OH is 1. The normalized spacial score (nSPS) is 32.8. The zero-order valence-electron chi connectivity index (χ0n) is 12.9. The highest BCUT2D eigenvalue weighted by Crippen LogP contribution is 2.45. The molecule has 1 aliphatic carbocycles. The Morgan fingerprint density at radius 2 is 1.59 bits per heavy atom. The first-order chi connectivity index (χ1) is 7.50. The Kier molecular flexibility index (Phi) is 4.34. The van der Waals surface area contributed by atoms with Crippen molar-refractivity contribution >= 4 is 0 Å². The van der Waals surface area contributed by atoms with Gasteiger partial charge in [0, 0.05) is 0 Å². The van der Waals surface area contributed by atoms with Gasteiger partial charge in [-0.05, 0) is 47.8 Å². The third-order valence-electron chi connectivity index (χ3n) is 4.58. The Morgan fingerprint density at radius 3 is 2.00 bits per heavy atom. The summed E-state index contributed by atoms with van der Waals surface area (Å²) >= 11 is 0. The van der Waals surface area contributed by atoms with E-state index in [2.05, 4.69) is 48.5 Å². The quantitative estimate of drug-likeness (QED) is 0.754. The third-order valence-corrected chi connectivity index (χ3v) is 4.58. The smallest absolute Gasteiger partial charge is 0.0573 e. The zero-order valence-corrected chi connectivity index (χ0v) is 12.9. The van der Waals surface area contributed by atoms with Gasteiger partial charge in [-0.1, -0.05) is 48.5 Å². The topological polar surface area (TPSA) is 20.2 Å². The maximum Gasteiger partial charge on any atom is 0.0573 e. The maximum atomic E-state index is 10.3. The Bertz CT molecular complexity index is 243. The zero-order chi connectivity index (χ0) is 13.4. The fourth-order valence-corrected chi connectivity index (χ4v) is 3.37. The second-order valence-electron chi connectivity index (χ2n) is 8.49. The minimum Gasteiger partial charge on any atom is -0.393 e. The van der Waals surface area contributed by atoms with Crippen LogP contribution in [0.2, 0.25) is 0 Å². The molecule has 0 radical (unpaired) electrons. The van der Waals surface area contributed by atoms with Crippen molar-refractivity contribution in [2.24, 2.45) is 28.6 Å². The van der Waals surface area contributed by atoms with Gasteiger partial charge in [-0.15, -0.1) is 0 Å². The summed E-state index contributed by atoms with van der Waals surface area (Å²) < 4.78 is 0. The molecule has 1 nitrogen and oxygen atoms in total. The standard InChI is InChI=1S/C16H32O/c1-11(16(5,6)7)13-8-12(9-14(13)17)10-15(2,3)4/h11-14,17H,8-10H2,1-7H3. The molecule has 1 aliphatic rings. The molecule has 4 atom stereocenters. The van der Waals surface area contributed by atoms with Crippen LogP contribution in [-0.2, 0) is 0 Å². The summed E-state index contributed by atoms with van der Waals surface area (Å²) in [4.78, 5) is 0. The largest absolute Gasteiger partial charge is 0.393 e. The van der Waals surface area contributed by atoms with Crippen LogP contribution in [0.3, 0.4) is 0 Å². The fraction of sp³-hybridized carbons (Fsp3) is 1.00. The first kappa shape index (κ1) is 15.0. The summed E-state index contributed by atoms with van der Waals surface area (Å²) in [5.74, 6) is 1.82. The van der Waals surface area contributed by atoms with E-state index in [-0.39, 0.29) is 6.10 Å². The number of hydrogen-bond donors (Lipinski definition) is 1. The van der Waals surface area contributed by atoms with Crippen LogP contribution in [0, 0.1) is 28.6 Å². The van der Waals surface area contributed by atoms with Gasteiger partial charge in [-0.25, -0.2) is 0 Å². The molecule has 0 aromatic heterocycles. The number of rotatable bonds is 2. The van der Waals surface area contributed by atoms with E-state index in [0.29, 0.717) is 22.7 Å². The van der Waals surface area contributed by atoms with Crippen LogP contribution in [0.25, 0.3) is 0 Å². The molecule has 0 bridgehead atoms. The summed E-state index contributed by atoms with van der Waals surface area (Å²) in [6.07, 6.45) is 3.41. The van der Waals surface area contributed by atoms with Crippen LogP contribution < -0.4 is 0 Å². The van der Waals surface area contributed by atoms with E-state index in [9.17, 15) is 5.11 Å². The van der Waals surface area contributed by atoms with E-state index in [0.717, 1.165) is 12.3 Å². The van der Waals surface area contributed by atoms with Gasteiger partial charge in [0.05, 0.1) is 6.10 Å². The molecule has 0 aromatic carbocycles. The highest BCUT2D eigenvalue weighted by molar-refractivity contribution is 4.91. The third kappa shape index (κ3) is 4.28. The Morgan fingerprint density at radius 1 is 1.06 bits per heavy atom. The number of aliphatic hydroxyl groups is 1. The molecule has 102 valence electrons. The van der Waals surface area contributed by atoms with Crippen LogP contribution in [0.15, 0.2) is 0 Å². The summed E-state index contributed by atoms with van der Waals surface area (Å²) in [6, 6.07) is 0. The van der Waals surface area contributed by atoms with Crippen molar-refractivity contribution in [3.63, 3.8) is 0 Å². The lowest BCUT2D eigenvalue weighted by atomic mass is 9.72. The van der Waals surface area contributed by atoms with Crippen LogP contribution in [0.5, 0.6) is 0 Å². The molecule has 1 heteroatoms. The van der Waals surface area contributed by atoms with Crippen LogP contribution in [-0.4, -0.2) is 11.2 Å². The van der Waals surface area contributed by atoms with Gasteiger partial charge >= 0.3 is 0 Å². The van der Waals surface area contributed by atoms with Crippen LogP contribution in [0.1, 0.15) is 67.7 Å². The van der Waals surface area contributed by atoms with E-state index < -0.39 is 0 Å². The second kappa shape index (κ2) is 4.91.